The highest BCUT2D eigenvalue weighted by Crippen LogP contribution is 2.34. The molecule has 4 heterocycles. The van der Waals surface area contributed by atoms with E-state index in [2.05, 4.69) is 4.98 Å². The molecule has 0 radical (unpaired) electrons. The highest BCUT2D eigenvalue weighted by Gasteiger charge is 2.31. The van der Waals surface area contributed by atoms with Gasteiger partial charge in [-0.25, -0.2) is 18.6 Å². The summed E-state index contributed by atoms with van der Waals surface area (Å²) in [6.45, 7) is 0.654. The van der Waals surface area contributed by atoms with Crippen molar-refractivity contribution in [3.05, 3.63) is 40.8 Å². The molecule has 1 aromatic carbocycles. The number of fused-ring (bicyclic) bond motifs is 2. The van der Waals surface area contributed by atoms with Crippen molar-refractivity contribution < 1.29 is 13.9 Å². The molecule has 0 spiro atoms. The van der Waals surface area contributed by atoms with Crippen molar-refractivity contribution in [2.24, 2.45) is 7.05 Å². The number of aromatic nitrogens is 6. The van der Waals surface area contributed by atoms with Crippen LogP contribution >= 0.6 is 0 Å². The van der Waals surface area contributed by atoms with E-state index in [0.29, 0.717) is 66.7 Å². The molecular formula is C23H25F2N7O2. The van der Waals surface area contributed by atoms with E-state index in [9.17, 15) is 18.7 Å². The number of aliphatic hydroxyl groups excluding tert-OH is 1. The lowest BCUT2D eigenvalue weighted by atomic mass is 9.93. The minimum atomic E-state index is -0.976. The zero-order chi connectivity index (χ0) is 23.6. The lowest BCUT2D eigenvalue weighted by molar-refractivity contribution is 0.110. The summed E-state index contributed by atoms with van der Waals surface area (Å²) in [4.78, 5) is 29.1. The predicted molar refractivity (Wildman–Crippen MR) is 123 cm³/mol. The fourth-order valence-corrected chi connectivity index (χ4v) is 5.26. The van der Waals surface area contributed by atoms with Crippen LogP contribution in [0.25, 0.3) is 28.1 Å². The third kappa shape index (κ3) is 3.29. The van der Waals surface area contributed by atoms with Gasteiger partial charge in [-0.05, 0) is 44.2 Å². The summed E-state index contributed by atoms with van der Waals surface area (Å²) >= 11 is 0. The van der Waals surface area contributed by atoms with Crippen molar-refractivity contribution in [3.8, 4) is 5.95 Å². The molecule has 1 aliphatic heterocycles. The average Bonchev–Trinajstić information content (AvgIpc) is 3.51. The SMILES string of the molecule is Cn1c(=O)n(C2CCC(O)CC2)c2nc(-n3cnc4ccc(F)cc43)nc(N3CCC(F)C3)c21. The first-order valence-electron chi connectivity index (χ1n) is 11.6. The Hall–Kier alpha value is -3.34. The number of hydrogen-bond acceptors (Lipinski definition) is 6. The van der Waals surface area contributed by atoms with Crippen LogP contribution in [0.15, 0.2) is 29.3 Å². The van der Waals surface area contributed by atoms with Gasteiger partial charge < -0.3 is 10.0 Å². The Morgan fingerprint density at radius 1 is 1.12 bits per heavy atom. The number of anilines is 1. The van der Waals surface area contributed by atoms with Gasteiger partial charge in [0.1, 0.15) is 23.8 Å². The molecule has 2 aliphatic rings. The molecule has 3 aromatic heterocycles. The third-order valence-corrected chi connectivity index (χ3v) is 7.08. The van der Waals surface area contributed by atoms with Gasteiger partial charge in [0.05, 0.1) is 23.7 Å². The molecule has 4 aromatic rings. The van der Waals surface area contributed by atoms with Crippen molar-refractivity contribution in [2.75, 3.05) is 18.0 Å². The number of hydrogen-bond donors (Lipinski definition) is 1. The normalized spacial score (nSPS) is 23.4. The number of aryl methyl sites for hydroxylation is 1. The zero-order valence-electron chi connectivity index (χ0n) is 18.7. The van der Waals surface area contributed by atoms with Crippen molar-refractivity contribution in [1.29, 1.82) is 0 Å². The number of alkyl halides is 1. The maximum absolute atomic E-state index is 14.2. The predicted octanol–water partition coefficient (Wildman–Crippen LogP) is 2.63. The minimum Gasteiger partial charge on any atom is -0.393 e. The summed E-state index contributed by atoms with van der Waals surface area (Å²) < 4.78 is 33.0. The van der Waals surface area contributed by atoms with Gasteiger partial charge in [-0.15, -0.1) is 0 Å². The Bertz CT molecular complexity index is 1450. The smallest absolute Gasteiger partial charge is 0.330 e. The molecule has 11 heteroatoms. The van der Waals surface area contributed by atoms with E-state index in [-0.39, 0.29) is 30.3 Å². The largest absolute Gasteiger partial charge is 0.393 e. The first kappa shape index (κ1) is 21.2. The Labute approximate surface area is 193 Å². The summed E-state index contributed by atoms with van der Waals surface area (Å²) in [6.07, 6.45) is 3.11. The second-order valence-corrected chi connectivity index (χ2v) is 9.27. The average molecular weight is 469 g/mol. The monoisotopic (exact) mass is 469 g/mol. The summed E-state index contributed by atoms with van der Waals surface area (Å²) in [5.41, 5.74) is 1.87. The van der Waals surface area contributed by atoms with Crippen LogP contribution in [0, 0.1) is 5.82 Å². The molecule has 1 aliphatic carbocycles. The van der Waals surface area contributed by atoms with Gasteiger partial charge in [0.25, 0.3) is 0 Å². The van der Waals surface area contributed by atoms with Crippen LogP contribution in [-0.2, 0) is 7.05 Å². The van der Waals surface area contributed by atoms with Crippen molar-refractivity contribution >= 4 is 28.0 Å². The number of nitrogens with zero attached hydrogens (tertiary/aromatic N) is 7. The van der Waals surface area contributed by atoms with Crippen LogP contribution in [-0.4, -0.2) is 59.1 Å². The van der Waals surface area contributed by atoms with Gasteiger partial charge in [0.2, 0.25) is 5.95 Å². The molecule has 1 atom stereocenters. The molecule has 1 N–H and O–H groups in total. The van der Waals surface area contributed by atoms with Gasteiger partial charge >= 0.3 is 5.69 Å². The Balaban J connectivity index is 1.61. The van der Waals surface area contributed by atoms with Crippen molar-refractivity contribution in [1.82, 2.24) is 28.7 Å². The van der Waals surface area contributed by atoms with Gasteiger partial charge in [-0.3, -0.25) is 13.7 Å². The van der Waals surface area contributed by atoms with Crippen LogP contribution < -0.4 is 10.6 Å². The molecule has 0 amide bonds. The first-order chi connectivity index (χ1) is 16.4. The van der Waals surface area contributed by atoms with E-state index in [1.807, 2.05) is 4.90 Å². The third-order valence-electron chi connectivity index (χ3n) is 7.08. The number of halogens is 2. The molecule has 34 heavy (non-hydrogen) atoms. The standard InChI is InChI=1S/C23H25F2N7O2/c1-29-19-20(30-9-8-14(25)11-30)27-22(31-12-26-17-7-2-13(24)10-18(17)31)28-21(19)32(23(29)34)15-3-5-16(33)6-4-15/h2,7,10,12,14-16,33H,3-6,8-9,11H2,1H3. The maximum atomic E-state index is 14.2. The molecule has 1 saturated heterocycles. The van der Waals surface area contributed by atoms with Crippen LogP contribution in [0.3, 0.4) is 0 Å². The zero-order valence-corrected chi connectivity index (χ0v) is 18.7. The van der Waals surface area contributed by atoms with Gasteiger partial charge in [0.15, 0.2) is 11.5 Å². The molecule has 9 nitrogen and oxygen atoms in total. The number of imidazole rings is 2. The Morgan fingerprint density at radius 2 is 1.91 bits per heavy atom. The van der Waals surface area contributed by atoms with Gasteiger partial charge in [0, 0.05) is 25.7 Å². The summed E-state index contributed by atoms with van der Waals surface area (Å²) in [5.74, 6) is 0.313. The van der Waals surface area contributed by atoms with Gasteiger partial charge in [-0.1, -0.05) is 0 Å². The fourth-order valence-electron chi connectivity index (χ4n) is 5.26. The molecule has 1 unspecified atom stereocenters. The maximum Gasteiger partial charge on any atom is 0.330 e. The fraction of sp³-hybridized carbons (Fsp3) is 0.478. The molecule has 178 valence electrons. The van der Waals surface area contributed by atoms with E-state index in [1.54, 1.807) is 22.2 Å². The van der Waals surface area contributed by atoms with Crippen molar-refractivity contribution in [3.63, 3.8) is 0 Å². The van der Waals surface area contributed by atoms with E-state index < -0.39 is 12.0 Å². The quantitative estimate of drug-likeness (QED) is 0.496. The Morgan fingerprint density at radius 3 is 2.65 bits per heavy atom. The molecule has 6 rings (SSSR count). The summed E-state index contributed by atoms with van der Waals surface area (Å²) in [5, 5.41) is 9.96. The lowest BCUT2D eigenvalue weighted by Gasteiger charge is -2.26. The Kier molecular flexibility index (Phi) is 4.91. The highest BCUT2D eigenvalue weighted by molar-refractivity contribution is 5.86. The van der Waals surface area contributed by atoms with Crippen LogP contribution in [0.5, 0.6) is 0 Å². The van der Waals surface area contributed by atoms with Gasteiger partial charge in [-0.2, -0.15) is 9.97 Å². The van der Waals surface area contributed by atoms with E-state index in [4.69, 9.17) is 9.97 Å². The number of aliphatic hydroxyl groups is 1. The minimum absolute atomic E-state index is 0.111. The highest BCUT2D eigenvalue weighted by atomic mass is 19.1. The number of rotatable bonds is 3. The lowest BCUT2D eigenvalue weighted by Crippen LogP contribution is -2.30. The molecular weight excluding hydrogens is 444 g/mol. The second-order valence-electron chi connectivity index (χ2n) is 9.27. The second kappa shape index (κ2) is 7.86. The summed E-state index contributed by atoms with van der Waals surface area (Å²) in [7, 11) is 1.68. The molecule has 0 bridgehead atoms. The van der Waals surface area contributed by atoms with E-state index >= 15 is 0 Å². The topological polar surface area (TPSA) is 94.0 Å². The molecule has 1 saturated carbocycles. The van der Waals surface area contributed by atoms with Crippen LogP contribution in [0.4, 0.5) is 14.6 Å². The van der Waals surface area contributed by atoms with Crippen LogP contribution in [0.1, 0.15) is 38.1 Å². The number of benzene rings is 1. The molecule has 2 fully saturated rings. The summed E-state index contributed by atoms with van der Waals surface area (Å²) in [6, 6.07) is 4.18. The van der Waals surface area contributed by atoms with E-state index in [0.717, 1.165) is 0 Å². The van der Waals surface area contributed by atoms with E-state index in [1.165, 1.54) is 23.0 Å². The first-order valence-corrected chi connectivity index (χ1v) is 11.6. The van der Waals surface area contributed by atoms with Crippen LogP contribution in [0.2, 0.25) is 0 Å². The van der Waals surface area contributed by atoms with Crippen molar-refractivity contribution in [2.45, 2.75) is 50.4 Å².